The predicted octanol–water partition coefficient (Wildman–Crippen LogP) is 2.76. The van der Waals surface area contributed by atoms with E-state index in [1.54, 1.807) is 29.7 Å². The van der Waals surface area contributed by atoms with Gasteiger partial charge in [-0.3, -0.25) is 10.0 Å². The quantitative estimate of drug-likeness (QED) is 0.597. The maximum absolute atomic E-state index is 11.1. The third-order valence-electron chi connectivity index (χ3n) is 2.64. The Kier molecular flexibility index (Phi) is 4.04. The van der Waals surface area contributed by atoms with Crippen LogP contribution in [0.25, 0.3) is 11.1 Å². The lowest BCUT2D eigenvalue weighted by Crippen LogP contribution is -2.20. The second-order valence-electron chi connectivity index (χ2n) is 4.11. The molecular weight excluding hydrogens is 266 g/mol. The summed E-state index contributed by atoms with van der Waals surface area (Å²) in [7, 11) is 0. The van der Waals surface area contributed by atoms with E-state index in [1.807, 2.05) is 12.1 Å². The largest absolute Gasteiger partial charge is 0.508 e. The van der Waals surface area contributed by atoms with Crippen LogP contribution < -0.4 is 5.48 Å². The molecule has 1 amide bonds. The standard InChI is InChI=1S/C14H12ClNO3/c15-12-3-1-10(2-4-12)11-5-9(6-13(17)8-11)7-14(18)16-19/h1-6,8,17,19H,7H2,(H,16,18). The number of hydrogen-bond donors (Lipinski definition) is 3. The molecule has 2 aromatic rings. The van der Waals surface area contributed by atoms with E-state index in [2.05, 4.69) is 0 Å². The summed E-state index contributed by atoms with van der Waals surface area (Å²) in [6, 6.07) is 12.0. The highest BCUT2D eigenvalue weighted by Crippen LogP contribution is 2.26. The van der Waals surface area contributed by atoms with Crippen LogP contribution in [-0.2, 0) is 11.2 Å². The number of hydroxylamine groups is 1. The van der Waals surface area contributed by atoms with Gasteiger partial charge in [-0.15, -0.1) is 0 Å². The van der Waals surface area contributed by atoms with Gasteiger partial charge in [0.15, 0.2) is 0 Å². The highest BCUT2D eigenvalue weighted by Gasteiger charge is 2.06. The molecule has 0 radical (unpaired) electrons. The van der Waals surface area contributed by atoms with Gasteiger partial charge < -0.3 is 5.11 Å². The number of phenols is 1. The summed E-state index contributed by atoms with van der Waals surface area (Å²) in [6.07, 6.45) is -0.00844. The van der Waals surface area contributed by atoms with Crippen LogP contribution in [-0.4, -0.2) is 16.2 Å². The Bertz CT molecular complexity index is 596. The number of amides is 1. The van der Waals surface area contributed by atoms with Gasteiger partial charge in [0.1, 0.15) is 5.75 Å². The first-order chi connectivity index (χ1) is 9.08. The van der Waals surface area contributed by atoms with E-state index >= 15 is 0 Å². The van der Waals surface area contributed by atoms with Crippen molar-refractivity contribution in [3.63, 3.8) is 0 Å². The molecule has 0 saturated heterocycles. The first-order valence-electron chi connectivity index (χ1n) is 5.60. The number of halogens is 1. The zero-order chi connectivity index (χ0) is 13.8. The Morgan fingerprint density at radius 1 is 1.11 bits per heavy atom. The van der Waals surface area contributed by atoms with Gasteiger partial charge in [0.25, 0.3) is 0 Å². The van der Waals surface area contributed by atoms with Gasteiger partial charge in [0.05, 0.1) is 6.42 Å². The molecule has 0 spiro atoms. The minimum absolute atomic E-state index is 0.00844. The smallest absolute Gasteiger partial charge is 0.247 e. The van der Waals surface area contributed by atoms with Crippen LogP contribution in [0.3, 0.4) is 0 Å². The third-order valence-corrected chi connectivity index (χ3v) is 2.90. The highest BCUT2D eigenvalue weighted by molar-refractivity contribution is 6.30. The third kappa shape index (κ3) is 3.47. The zero-order valence-electron chi connectivity index (χ0n) is 9.93. The summed E-state index contributed by atoms with van der Waals surface area (Å²) < 4.78 is 0. The molecule has 3 N–H and O–H groups in total. The molecule has 0 unspecified atom stereocenters. The van der Waals surface area contributed by atoms with Crippen molar-refractivity contribution in [2.75, 3.05) is 0 Å². The van der Waals surface area contributed by atoms with E-state index in [4.69, 9.17) is 16.8 Å². The van der Waals surface area contributed by atoms with Gasteiger partial charge in [0.2, 0.25) is 5.91 Å². The summed E-state index contributed by atoms with van der Waals surface area (Å²) in [5.74, 6) is -0.471. The van der Waals surface area contributed by atoms with E-state index in [0.717, 1.165) is 11.1 Å². The summed E-state index contributed by atoms with van der Waals surface area (Å²) in [5, 5.41) is 18.8. The van der Waals surface area contributed by atoms with Gasteiger partial charge in [-0.25, -0.2) is 5.48 Å². The van der Waals surface area contributed by atoms with Crippen LogP contribution in [0.1, 0.15) is 5.56 Å². The molecule has 0 fully saturated rings. The SMILES string of the molecule is O=C(Cc1cc(O)cc(-c2ccc(Cl)cc2)c1)NO. The van der Waals surface area contributed by atoms with Crippen molar-refractivity contribution in [1.29, 1.82) is 0 Å². The molecular formula is C14H12ClNO3. The van der Waals surface area contributed by atoms with Crippen LogP contribution in [0.2, 0.25) is 5.02 Å². The monoisotopic (exact) mass is 277 g/mol. The average Bonchev–Trinajstić information content (AvgIpc) is 2.38. The number of carbonyl (C=O) groups excluding carboxylic acids is 1. The summed E-state index contributed by atoms with van der Waals surface area (Å²) in [5.41, 5.74) is 3.83. The lowest BCUT2D eigenvalue weighted by molar-refractivity contribution is -0.128. The molecule has 0 bridgehead atoms. The Morgan fingerprint density at radius 3 is 2.42 bits per heavy atom. The molecule has 0 aliphatic rings. The van der Waals surface area contributed by atoms with E-state index in [0.29, 0.717) is 10.6 Å². The molecule has 0 heterocycles. The molecule has 0 atom stereocenters. The van der Waals surface area contributed by atoms with E-state index in [-0.39, 0.29) is 12.2 Å². The summed E-state index contributed by atoms with van der Waals surface area (Å²) in [4.78, 5) is 11.1. The molecule has 4 nitrogen and oxygen atoms in total. The fourth-order valence-electron chi connectivity index (χ4n) is 1.81. The van der Waals surface area contributed by atoms with Gasteiger partial charge >= 0.3 is 0 Å². The Balaban J connectivity index is 2.35. The second-order valence-corrected chi connectivity index (χ2v) is 4.54. The topological polar surface area (TPSA) is 69.6 Å². The predicted molar refractivity (Wildman–Crippen MR) is 72.2 cm³/mol. The van der Waals surface area contributed by atoms with Gasteiger partial charge in [0, 0.05) is 5.02 Å². The molecule has 2 rings (SSSR count). The number of benzene rings is 2. The van der Waals surface area contributed by atoms with Crippen LogP contribution in [0.4, 0.5) is 0 Å². The van der Waals surface area contributed by atoms with E-state index in [1.165, 1.54) is 6.07 Å². The number of aromatic hydroxyl groups is 1. The first-order valence-corrected chi connectivity index (χ1v) is 5.98. The van der Waals surface area contributed by atoms with Crippen LogP contribution in [0.5, 0.6) is 5.75 Å². The number of phenolic OH excluding ortho intramolecular Hbond substituents is 1. The van der Waals surface area contributed by atoms with Crippen molar-refractivity contribution in [2.24, 2.45) is 0 Å². The fourth-order valence-corrected chi connectivity index (χ4v) is 1.94. The molecule has 0 aliphatic heterocycles. The van der Waals surface area contributed by atoms with Crippen molar-refractivity contribution < 1.29 is 15.1 Å². The molecule has 98 valence electrons. The average molecular weight is 278 g/mol. The Hall–Kier alpha value is -2.04. The normalized spacial score (nSPS) is 10.2. The van der Waals surface area contributed by atoms with Crippen molar-refractivity contribution in [1.82, 2.24) is 5.48 Å². The minimum Gasteiger partial charge on any atom is -0.508 e. The van der Waals surface area contributed by atoms with Gasteiger partial charge in [-0.2, -0.15) is 0 Å². The number of rotatable bonds is 3. The maximum atomic E-state index is 11.1. The van der Waals surface area contributed by atoms with Crippen LogP contribution in [0, 0.1) is 0 Å². The summed E-state index contributed by atoms with van der Waals surface area (Å²) in [6.45, 7) is 0. The minimum atomic E-state index is -0.535. The molecule has 2 aromatic carbocycles. The van der Waals surface area contributed by atoms with Gasteiger partial charge in [-0.1, -0.05) is 29.8 Å². The molecule has 0 saturated carbocycles. The highest BCUT2D eigenvalue weighted by atomic mass is 35.5. The molecule has 5 heteroatoms. The lowest BCUT2D eigenvalue weighted by atomic mass is 10.0. The first kappa shape index (κ1) is 13.4. The molecule has 19 heavy (non-hydrogen) atoms. The second kappa shape index (κ2) is 5.73. The Labute approximate surface area is 115 Å². The van der Waals surface area contributed by atoms with Crippen molar-refractivity contribution in [3.05, 3.63) is 53.1 Å². The van der Waals surface area contributed by atoms with Gasteiger partial charge in [-0.05, 0) is 41.0 Å². The van der Waals surface area contributed by atoms with Crippen molar-refractivity contribution in [2.45, 2.75) is 6.42 Å². The van der Waals surface area contributed by atoms with Crippen LogP contribution >= 0.6 is 11.6 Å². The van der Waals surface area contributed by atoms with Crippen LogP contribution in [0.15, 0.2) is 42.5 Å². The lowest BCUT2D eigenvalue weighted by Gasteiger charge is -2.07. The van der Waals surface area contributed by atoms with Crippen molar-refractivity contribution >= 4 is 17.5 Å². The number of nitrogens with one attached hydrogen (secondary N) is 1. The Morgan fingerprint density at radius 2 is 1.79 bits per heavy atom. The number of hydrogen-bond acceptors (Lipinski definition) is 3. The van der Waals surface area contributed by atoms with E-state index in [9.17, 15) is 9.90 Å². The zero-order valence-corrected chi connectivity index (χ0v) is 10.7. The maximum Gasteiger partial charge on any atom is 0.247 e. The van der Waals surface area contributed by atoms with Crippen molar-refractivity contribution in [3.8, 4) is 16.9 Å². The molecule has 0 aliphatic carbocycles. The molecule has 0 aromatic heterocycles. The fraction of sp³-hybridized carbons (Fsp3) is 0.0714. The summed E-state index contributed by atoms with van der Waals surface area (Å²) >= 11 is 5.82. The number of carbonyl (C=O) groups is 1. The van der Waals surface area contributed by atoms with E-state index < -0.39 is 5.91 Å².